The first-order valence-corrected chi connectivity index (χ1v) is 13.0. The van der Waals surface area contributed by atoms with Crippen LogP contribution in [0.25, 0.3) is 0 Å². The minimum atomic E-state index is -0.539. The summed E-state index contributed by atoms with van der Waals surface area (Å²) in [5, 5.41) is 0. The fourth-order valence-electron chi connectivity index (χ4n) is 3.65. The number of carbonyl (C=O) groups excluding carboxylic acids is 1. The van der Waals surface area contributed by atoms with E-state index in [1.807, 2.05) is 0 Å². The molecule has 0 heterocycles. The smallest absolute Gasteiger partial charge is 0.343 e. The zero-order chi connectivity index (χ0) is 24.4. The maximum atomic E-state index is 14.3. The summed E-state index contributed by atoms with van der Waals surface area (Å²) in [7, 11) is 0. The Balaban J connectivity index is 1.71. The van der Waals surface area contributed by atoms with Crippen LogP contribution in [0, 0.1) is 5.82 Å². The molecule has 0 radical (unpaired) electrons. The second-order valence-electron chi connectivity index (χ2n) is 8.74. The third kappa shape index (κ3) is 11.0. The molecule has 0 amide bonds. The molecule has 0 fully saturated rings. The van der Waals surface area contributed by atoms with Crippen molar-refractivity contribution < 1.29 is 23.4 Å². The van der Waals surface area contributed by atoms with Crippen molar-refractivity contribution in [3.63, 3.8) is 0 Å². The second kappa shape index (κ2) is 17.0. The highest BCUT2D eigenvalue weighted by Gasteiger charge is 2.12. The van der Waals surface area contributed by atoms with Gasteiger partial charge < -0.3 is 14.2 Å². The van der Waals surface area contributed by atoms with Crippen LogP contribution in [0.15, 0.2) is 42.5 Å². The van der Waals surface area contributed by atoms with E-state index in [1.54, 1.807) is 30.3 Å². The molecule has 5 heteroatoms. The number of hydrogen-bond donors (Lipinski definition) is 0. The van der Waals surface area contributed by atoms with Crippen molar-refractivity contribution in [1.82, 2.24) is 0 Å². The average Bonchev–Trinajstić information content (AvgIpc) is 2.84. The molecule has 188 valence electrons. The second-order valence-corrected chi connectivity index (χ2v) is 8.74. The SMILES string of the molecule is CCCCCCCCOc1ccc(C(=O)Oc2ccc(OCCCCCCCC)c(F)c2)cc1. The Kier molecular flexibility index (Phi) is 13.8. The van der Waals surface area contributed by atoms with Crippen molar-refractivity contribution in [2.45, 2.75) is 90.9 Å². The molecule has 0 spiro atoms. The lowest BCUT2D eigenvalue weighted by molar-refractivity contribution is 0.0734. The Morgan fingerprint density at radius 3 is 1.79 bits per heavy atom. The van der Waals surface area contributed by atoms with Gasteiger partial charge in [0.25, 0.3) is 0 Å². The summed E-state index contributed by atoms with van der Waals surface area (Å²) < 4.78 is 30.9. The molecular formula is C29H41FO4. The Labute approximate surface area is 204 Å². The maximum Gasteiger partial charge on any atom is 0.343 e. The molecule has 0 aliphatic rings. The summed E-state index contributed by atoms with van der Waals surface area (Å²) in [5.74, 6) is -0.0154. The standard InChI is InChI=1S/C29H41FO4/c1-3-5-7-9-11-13-21-32-25-17-15-24(16-18-25)29(31)34-26-19-20-28(27(30)23-26)33-22-14-12-10-8-6-4-2/h15-20,23H,3-14,21-22H2,1-2H3. The molecule has 0 saturated carbocycles. The molecule has 4 nitrogen and oxygen atoms in total. The normalized spacial score (nSPS) is 10.8. The van der Waals surface area contributed by atoms with Gasteiger partial charge >= 0.3 is 5.97 Å². The fourth-order valence-corrected chi connectivity index (χ4v) is 3.65. The van der Waals surface area contributed by atoms with Gasteiger partial charge in [-0.3, -0.25) is 0 Å². The number of hydrogen-bond acceptors (Lipinski definition) is 4. The first kappa shape index (κ1) is 27.7. The Hall–Kier alpha value is -2.56. The molecule has 2 aromatic rings. The Bertz CT molecular complexity index is 819. The molecule has 34 heavy (non-hydrogen) atoms. The van der Waals surface area contributed by atoms with Crippen LogP contribution in [0.5, 0.6) is 17.2 Å². The van der Waals surface area contributed by atoms with Crippen molar-refractivity contribution in [2.24, 2.45) is 0 Å². The largest absolute Gasteiger partial charge is 0.494 e. The van der Waals surface area contributed by atoms with E-state index in [1.165, 1.54) is 69.9 Å². The predicted octanol–water partition coefficient (Wildman–Crippen LogP) is 8.52. The summed E-state index contributed by atoms with van der Waals surface area (Å²) in [5.41, 5.74) is 0.385. The highest BCUT2D eigenvalue weighted by Crippen LogP contribution is 2.24. The van der Waals surface area contributed by atoms with Crippen LogP contribution in [0.2, 0.25) is 0 Å². The third-order valence-electron chi connectivity index (χ3n) is 5.73. The van der Waals surface area contributed by atoms with Gasteiger partial charge in [-0.1, -0.05) is 78.1 Å². The van der Waals surface area contributed by atoms with Gasteiger partial charge in [0.2, 0.25) is 0 Å². The number of ether oxygens (including phenoxy) is 3. The molecule has 0 aliphatic carbocycles. The van der Waals surface area contributed by atoms with Crippen LogP contribution in [0.3, 0.4) is 0 Å². The molecule has 0 saturated heterocycles. The summed E-state index contributed by atoms with van der Waals surface area (Å²) in [6, 6.07) is 11.1. The van der Waals surface area contributed by atoms with E-state index in [4.69, 9.17) is 14.2 Å². The minimum absolute atomic E-state index is 0.151. The van der Waals surface area contributed by atoms with E-state index in [0.29, 0.717) is 18.8 Å². The molecule has 0 atom stereocenters. The minimum Gasteiger partial charge on any atom is -0.494 e. The van der Waals surface area contributed by atoms with Crippen molar-refractivity contribution in [2.75, 3.05) is 13.2 Å². The van der Waals surface area contributed by atoms with Crippen LogP contribution in [0.1, 0.15) is 101 Å². The number of benzene rings is 2. The highest BCUT2D eigenvalue weighted by atomic mass is 19.1. The first-order chi connectivity index (χ1) is 16.6. The molecular weight excluding hydrogens is 431 g/mol. The molecule has 0 aromatic heterocycles. The number of halogens is 1. The van der Waals surface area contributed by atoms with Gasteiger partial charge in [0.15, 0.2) is 11.6 Å². The lowest BCUT2D eigenvalue weighted by atomic mass is 10.1. The van der Waals surface area contributed by atoms with E-state index in [0.717, 1.165) is 25.0 Å². The van der Waals surface area contributed by atoms with Gasteiger partial charge in [0, 0.05) is 6.07 Å². The number of rotatable bonds is 18. The average molecular weight is 473 g/mol. The quantitative estimate of drug-likeness (QED) is 0.124. The molecule has 2 rings (SSSR count). The van der Waals surface area contributed by atoms with Crippen LogP contribution >= 0.6 is 0 Å². The van der Waals surface area contributed by atoms with Crippen LogP contribution in [0.4, 0.5) is 4.39 Å². The first-order valence-electron chi connectivity index (χ1n) is 13.0. The zero-order valence-electron chi connectivity index (χ0n) is 21.0. The van der Waals surface area contributed by atoms with Gasteiger partial charge in [0.1, 0.15) is 11.5 Å². The fraction of sp³-hybridized carbons (Fsp3) is 0.552. The van der Waals surface area contributed by atoms with Crippen molar-refractivity contribution in [1.29, 1.82) is 0 Å². The van der Waals surface area contributed by atoms with Crippen LogP contribution < -0.4 is 14.2 Å². The molecule has 0 aliphatic heterocycles. The van der Waals surface area contributed by atoms with Crippen molar-refractivity contribution in [3.8, 4) is 17.2 Å². The summed E-state index contributed by atoms with van der Waals surface area (Å²) in [6.45, 7) is 5.55. The monoisotopic (exact) mass is 472 g/mol. The summed E-state index contributed by atoms with van der Waals surface area (Å²) >= 11 is 0. The highest BCUT2D eigenvalue weighted by molar-refractivity contribution is 5.91. The summed E-state index contributed by atoms with van der Waals surface area (Å²) in [6.07, 6.45) is 14.1. The van der Waals surface area contributed by atoms with Crippen LogP contribution in [-0.2, 0) is 0 Å². The third-order valence-corrected chi connectivity index (χ3v) is 5.73. The van der Waals surface area contributed by atoms with E-state index >= 15 is 0 Å². The molecule has 0 bridgehead atoms. The molecule has 0 unspecified atom stereocenters. The number of esters is 1. The number of unbranched alkanes of at least 4 members (excludes halogenated alkanes) is 10. The Morgan fingerprint density at radius 2 is 1.21 bits per heavy atom. The molecule has 0 N–H and O–H groups in total. The predicted molar refractivity (Wildman–Crippen MR) is 136 cm³/mol. The maximum absolute atomic E-state index is 14.3. The molecule has 2 aromatic carbocycles. The van der Waals surface area contributed by atoms with E-state index in [-0.39, 0.29) is 11.5 Å². The summed E-state index contributed by atoms with van der Waals surface area (Å²) in [4.78, 5) is 12.4. The van der Waals surface area contributed by atoms with Crippen molar-refractivity contribution in [3.05, 3.63) is 53.8 Å². The van der Waals surface area contributed by atoms with Gasteiger partial charge in [0.05, 0.1) is 18.8 Å². The zero-order valence-corrected chi connectivity index (χ0v) is 21.0. The van der Waals surface area contributed by atoms with E-state index in [2.05, 4.69) is 13.8 Å². The van der Waals surface area contributed by atoms with E-state index < -0.39 is 11.8 Å². The van der Waals surface area contributed by atoms with Crippen LogP contribution in [-0.4, -0.2) is 19.2 Å². The van der Waals surface area contributed by atoms with Gasteiger partial charge in [-0.25, -0.2) is 9.18 Å². The lowest BCUT2D eigenvalue weighted by Gasteiger charge is -2.10. The number of carbonyl (C=O) groups is 1. The van der Waals surface area contributed by atoms with E-state index in [9.17, 15) is 9.18 Å². The van der Waals surface area contributed by atoms with Gasteiger partial charge in [-0.05, 0) is 49.2 Å². The Morgan fingerprint density at radius 1 is 0.676 bits per heavy atom. The van der Waals surface area contributed by atoms with Crippen molar-refractivity contribution >= 4 is 5.97 Å². The topological polar surface area (TPSA) is 44.8 Å². The van der Waals surface area contributed by atoms with Gasteiger partial charge in [-0.15, -0.1) is 0 Å². The van der Waals surface area contributed by atoms with Gasteiger partial charge in [-0.2, -0.15) is 0 Å². The lowest BCUT2D eigenvalue weighted by Crippen LogP contribution is -2.09.